The average molecular weight is 192 g/mol. The van der Waals surface area contributed by atoms with Gasteiger partial charge in [-0.05, 0) is 19.1 Å². The second-order valence-electron chi connectivity index (χ2n) is 1.99. The largest absolute Gasteiger partial charge is 0.262 e. The maximum Gasteiger partial charge on any atom is 0.262 e. The van der Waals surface area contributed by atoms with Crippen molar-refractivity contribution >= 4 is 21.4 Å². The first-order valence-corrected chi connectivity index (χ1v) is 5.15. The third kappa shape index (κ3) is 1.78. The van der Waals surface area contributed by atoms with Crippen LogP contribution < -0.4 is 10.7 Å². The Morgan fingerprint density at radius 3 is 2.55 bits per heavy atom. The second-order valence-corrected chi connectivity index (χ2v) is 5.22. The molecule has 1 rings (SSSR count). The number of hydrazine groups is 1. The normalized spacial score (nSPS) is 11.8. The number of hydrogen-bond acceptors (Lipinski definition) is 4. The van der Waals surface area contributed by atoms with Crippen LogP contribution in [0, 0.1) is 6.92 Å². The van der Waals surface area contributed by atoms with Crippen molar-refractivity contribution in [2.45, 2.75) is 11.1 Å². The van der Waals surface area contributed by atoms with Crippen molar-refractivity contribution in [3.05, 3.63) is 17.0 Å². The van der Waals surface area contributed by atoms with E-state index in [0.29, 0.717) is 0 Å². The predicted molar refractivity (Wildman–Crippen MR) is 43.6 cm³/mol. The molecular weight excluding hydrogens is 184 g/mol. The van der Waals surface area contributed by atoms with Crippen LogP contribution in [0.3, 0.4) is 0 Å². The fourth-order valence-electron chi connectivity index (χ4n) is 0.615. The van der Waals surface area contributed by atoms with Gasteiger partial charge in [-0.25, -0.2) is 8.42 Å². The Morgan fingerprint density at radius 2 is 2.18 bits per heavy atom. The zero-order chi connectivity index (χ0) is 8.48. The predicted octanol–water partition coefficient (Wildman–Crippen LogP) is 0.209. The maximum absolute atomic E-state index is 11.0. The molecular formula is C5H8N2O2S2. The van der Waals surface area contributed by atoms with Crippen molar-refractivity contribution in [1.29, 1.82) is 0 Å². The highest BCUT2D eigenvalue weighted by atomic mass is 32.2. The van der Waals surface area contributed by atoms with E-state index in [2.05, 4.69) is 0 Å². The maximum atomic E-state index is 11.0. The molecule has 0 bridgehead atoms. The van der Waals surface area contributed by atoms with Crippen LogP contribution in [0.4, 0.5) is 0 Å². The van der Waals surface area contributed by atoms with Gasteiger partial charge in [0.15, 0.2) is 0 Å². The minimum atomic E-state index is -3.43. The number of nitrogens with one attached hydrogen (secondary N) is 1. The number of aryl methyl sites for hydroxylation is 1. The van der Waals surface area contributed by atoms with Crippen LogP contribution in [-0.2, 0) is 10.0 Å². The first-order valence-electron chi connectivity index (χ1n) is 2.85. The van der Waals surface area contributed by atoms with Gasteiger partial charge in [0.2, 0.25) is 0 Å². The Balaban J connectivity index is 3.13. The minimum absolute atomic E-state index is 0.248. The highest BCUT2D eigenvalue weighted by Crippen LogP contribution is 2.19. The highest BCUT2D eigenvalue weighted by Gasteiger charge is 2.12. The van der Waals surface area contributed by atoms with Crippen LogP contribution in [0.1, 0.15) is 4.88 Å². The Labute approximate surface area is 69.1 Å². The fraction of sp³-hybridized carbons (Fsp3) is 0.200. The minimum Gasteiger partial charge on any atom is -0.257 e. The number of rotatable bonds is 2. The summed E-state index contributed by atoms with van der Waals surface area (Å²) in [5.41, 5.74) is 0. The molecule has 1 aromatic heterocycles. The van der Waals surface area contributed by atoms with E-state index >= 15 is 0 Å². The van der Waals surface area contributed by atoms with Crippen molar-refractivity contribution in [3.8, 4) is 0 Å². The standard InChI is InChI=1S/C5H8N2O2S2/c1-4-2-3-5(10-4)11(8,9)7-6/h2-3,7H,6H2,1H3. The molecule has 0 spiro atoms. The monoisotopic (exact) mass is 192 g/mol. The molecule has 62 valence electrons. The zero-order valence-electron chi connectivity index (χ0n) is 5.87. The van der Waals surface area contributed by atoms with Gasteiger partial charge in [0.05, 0.1) is 0 Å². The number of hydrogen-bond donors (Lipinski definition) is 2. The van der Waals surface area contributed by atoms with Crippen LogP contribution in [0.25, 0.3) is 0 Å². The van der Waals surface area contributed by atoms with Gasteiger partial charge < -0.3 is 0 Å². The summed E-state index contributed by atoms with van der Waals surface area (Å²) in [4.78, 5) is 2.70. The molecule has 1 aromatic rings. The van der Waals surface area contributed by atoms with Crippen molar-refractivity contribution in [3.63, 3.8) is 0 Å². The van der Waals surface area contributed by atoms with E-state index in [1.807, 2.05) is 6.92 Å². The van der Waals surface area contributed by atoms with E-state index < -0.39 is 10.0 Å². The Kier molecular flexibility index (Phi) is 2.28. The second kappa shape index (κ2) is 2.90. The lowest BCUT2D eigenvalue weighted by Gasteiger charge is -1.95. The van der Waals surface area contributed by atoms with Crippen molar-refractivity contribution in [2.24, 2.45) is 5.84 Å². The third-order valence-electron chi connectivity index (χ3n) is 1.14. The number of thiophene rings is 1. The summed E-state index contributed by atoms with van der Waals surface area (Å²) in [5.74, 6) is 4.82. The average Bonchev–Trinajstić information content (AvgIpc) is 2.36. The molecule has 0 aromatic carbocycles. The van der Waals surface area contributed by atoms with Crippen LogP contribution in [0.2, 0.25) is 0 Å². The number of nitrogens with two attached hydrogens (primary N) is 1. The van der Waals surface area contributed by atoms with Crippen molar-refractivity contribution in [2.75, 3.05) is 0 Å². The van der Waals surface area contributed by atoms with E-state index in [-0.39, 0.29) is 4.21 Å². The third-order valence-corrected chi connectivity index (χ3v) is 3.82. The fourth-order valence-corrected chi connectivity index (χ4v) is 2.54. The molecule has 1 heterocycles. The molecule has 0 aliphatic carbocycles. The molecule has 0 saturated heterocycles. The lowest BCUT2D eigenvalue weighted by Crippen LogP contribution is -2.29. The van der Waals surface area contributed by atoms with Crippen LogP contribution >= 0.6 is 11.3 Å². The molecule has 3 N–H and O–H groups in total. The Hall–Kier alpha value is -0.430. The topological polar surface area (TPSA) is 72.2 Å². The summed E-state index contributed by atoms with van der Waals surface area (Å²) >= 11 is 1.19. The van der Waals surface area contributed by atoms with Gasteiger partial charge in [0.25, 0.3) is 10.0 Å². The highest BCUT2D eigenvalue weighted by molar-refractivity contribution is 7.91. The molecule has 6 heteroatoms. The van der Waals surface area contributed by atoms with E-state index in [9.17, 15) is 8.42 Å². The van der Waals surface area contributed by atoms with Crippen LogP contribution in [0.15, 0.2) is 16.3 Å². The lowest BCUT2D eigenvalue weighted by molar-refractivity contribution is 0.586. The van der Waals surface area contributed by atoms with Crippen molar-refractivity contribution < 1.29 is 8.42 Å². The molecule has 0 saturated carbocycles. The van der Waals surface area contributed by atoms with Gasteiger partial charge in [-0.3, -0.25) is 5.84 Å². The van der Waals surface area contributed by atoms with Gasteiger partial charge in [0, 0.05) is 4.88 Å². The van der Waals surface area contributed by atoms with Gasteiger partial charge in [-0.2, -0.15) is 0 Å². The van der Waals surface area contributed by atoms with E-state index in [0.717, 1.165) is 4.88 Å². The Morgan fingerprint density at radius 1 is 1.55 bits per heavy atom. The molecule has 0 fully saturated rings. The van der Waals surface area contributed by atoms with Gasteiger partial charge in [0.1, 0.15) is 4.21 Å². The molecule has 0 unspecified atom stereocenters. The zero-order valence-corrected chi connectivity index (χ0v) is 7.50. The van der Waals surface area contributed by atoms with Crippen LogP contribution in [0.5, 0.6) is 0 Å². The molecule has 0 radical (unpaired) electrons. The number of sulfonamides is 1. The molecule has 0 atom stereocenters. The summed E-state index contributed by atoms with van der Waals surface area (Å²) in [6.45, 7) is 1.83. The van der Waals surface area contributed by atoms with E-state index in [4.69, 9.17) is 5.84 Å². The Bertz CT molecular complexity index is 341. The van der Waals surface area contributed by atoms with Crippen molar-refractivity contribution in [1.82, 2.24) is 4.83 Å². The molecule has 0 amide bonds. The first-order chi connectivity index (χ1) is 5.06. The van der Waals surface area contributed by atoms with Crippen LogP contribution in [-0.4, -0.2) is 8.42 Å². The summed E-state index contributed by atoms with van der Waals surface area (Å²) in [7, 11) is -3.43. The lowest BCUT2D eigenvalue weighted by atomic mass is 10.5. The van der Waals surface area contributed by atoms with Gasteiger partial charge >= 0.3 is 0 Å². The summed E-state index contributed by atoms with van der Waals surface area (Å²) in [5, 5.41) is 0. The van der Waals surface area contributed by atoms with Gasteiger partial charge in [-0.1, -0.05) is 0 Å². The summed E-state index contributed by atoms with van der Waals surface area (Å²) < 4.78 is 22.2. The van der Waals surface area contributed by atoms with E-state index in [1.165, 1.54) is 17.4 Å². The first kappa shape index (κ1) is 8.66. The smallest absolute Gasteiger partial charge is 0.257 e. The van der Waals surface area contributed by atoms with E-state index in [1.54, 1.807) is 10.9 Å². The molecule has 0 aliphatic heterocycles. The molecule has 4 nitrogen and oxygen atoms in total. The molecule has 0 aliphatic rings. The quantitative estimate of drug-likeness (QED) is 0.519. The van der Waals surface area contributed by atoms with Gasteiger partial charge in [-0.15, -0.1) is 16.2 Å². The summed E-state index contributed by atoms with van der Waals surface area (Å²) in [6, 6.07) is 3.25. The molecule has 11 heavy (non-hydrogen) atoms. The summed E-state index contributed by atoms with van der Waals surface area (Å²) in [6.07, 6.45) is 0. The SMILES string of the molecule is Cc1ccc(S(=O)(=O)NN)s1.